The molecule has 0 aliphatic carbocycles. The van der Waals surface area contributed by atoms with Crippen LogP contribution in [0.3, 0.4) is 0 Å². The van der Waals surface area contributed by atoms with E-state index >= 15 is 0 Å². The Morgan fingerprint density at radius 3 is 2.86 bits per heavy atom. The highest BCUT2D eigenvalue weighted by Gasteiger charge is 2.29. The number of benzene rings is 1. The third-order valence-corrected chi connectivity index (χ3v) is 7.27. The molecule has 29 heavy (non-hydrogen) atoms. The number of hydrogen-bond acceptors (Lipinski definition) is 9. The van der Waals surface area contributed by atoms with Crippen LogP contribution in [-0.2, 0) is 21.2 Å². The molecule has 0 bridgehead atoms. The number of piperidine rings is 1. The average molecular weight is 441 g/mol. The lowest BCUT2D eigenvalue weighted by atomic mass is 9.95. The smallest absolute Gasteiger partial charge is 0.255 e. The molecule has 1 fully saturated rings. The maximum Gasteiger partial charge on any atom is 0.255 e. The van der Waals surface area contributed by atoms with Gasteiger partial charge in [0.15, 0.2) is 32.2 Å². The van der Waals surface area contributed by atoms with Crippen molar-refractivity contribution in [3.05, 3.63) is 29.5 Å². The van der Waals surface area contributed by atoms with Gasteiger partial charge in [0.05, 0.1) is 12.8 Å². The van der Waals surface area contributed by atoms with E-state index < -0.39 is 15.7 Å². The third kappa shape index (κ3) is 5.43. The number of methoxy groups -OCH3 is 1. The number of rotatable bonds is 8. The Bertz CT molecular complexity index is 976. The predicted octanol–water partition coefficient (Wildman–Crippen LogP) is 1.19. The van der Waals surface area contributed by atoms with Crippen molar-refractivity contribution in [2.75, 3.05) is 33.1 Å². The molecule has 1 aromatic carbocycles. The molecule has 2 heterocycles. The summed E-state index contributed by atoms with van der Waals surface area (Å²) in [6.45, 7) is 2.07. The summed E-state index contributed by atoms with van der Waals surface area (Å²) in [5.41, 5.74) is 6.72. The SMILES string of the molecule is COc1cc(CN2CCC[C@@H](c3nnsc3S(C)(=O)=O)C2)ccc1OCC(N)=O. The number of hydrogen-bond donors (Lipinski definition) is 1. The first kappa shape index (κ1) is 21.5. The highest BCUT2D eigenvalue weighted by Crippen LogP contribution is 2.33. The minimum absolute atomic E-state index is 0.0345. The summed E-state index contributed by atoms with van der Waals surface area (Å²) >= 11 is 0.938. The molecule has 1 aromatic heterocycles. The zero-order chi connectivity index (χ0) is 21.0. The third-order valence-electron chi connectivity index (χ3n) is 4.71. The van der Waals surface area contributed by atoms with Crippen molar-refractivity contribution in [1.29, 1.82) is 0 Å². The van der Waals surface area contributed by atoms with Crippen LogP contribution in [0, 0.1) is 0 Å². The van der Waals surface area contributed by atoms with Gasteiger partial charge in [-0.2, -0.15) is 0 Å². The highest BCUT2D eigenvalue weighted by molar-refractivity contribution is 7.92. The molecular formula is C18H24N4O5S2. The van der Waals surface area contributed by atoms with Crippen molar-refractivity contribution >= 4 is 27.3 Å². The molecule has 3 rings (SSSR count). The first-order chi connectivity index (χ1) is 13.8. The molecular weight excluding hydrogens is 416 g/mol. The number of ether oxygens (including phenoxy) is 2. The van der Waals surface area contributed by atoms with Gasteiger partial charge in [-0.1, -0.05) is 10.6 Å². The fraction of sp³-hybridized carbons (Fsp3) is 0.500. The van der Waals surface area contributed by atoms with Gasteiger partial charge < -0.3 is 15.2 Å². The van der Waals surface area contributed by atoms with E-state index in [2.05, 4.69) is 14.5 Å². The maximum absolute atomic E-state index is 12.0. The fourth-order valence-corrected chi connectivity index (χ4v) is 5.19. The predicted molar refractivity (Wildman–Crippen MR) is 108 cm³/mol. The molecule has 0 spiro atoms. The van der Waals surface area contributed by atoms with Crippen LogP contribution in [0.2, 0.25) is 0 Å². The number of sulfone groups is 1. The van der Waals surface area contributed by atoms with Crippen LogP contribution >= 0.6 is 11.5 Å². The van der Waals surface area contributed by atoms with Gasteiger partial charge in [-0.25, -0.2) is 8.42 Å². The van der Waals surface area contributed by atoms with E-state index in [-0.39, 0.29) is 16.7 Å². The second-order valence-corrected chi connectivity index (χ2v) is 10.00. The Morgan fingerprint density at radius 2 is 2.17 bits per heavy atom. The molecule has 1 atom stereocenters. The normalized spacial score (nSPS) is 17.8. The first-order valence-corrected chi connectivity index (χ1v) is 11.8. The van der Waals surface area contributed by atoms with Crippen LogP contribution in [0.25, 0.3) is 0 Å². The molecule has 1 aliphatic heterocycles. The lowest BCUT2D eigenvalue weighted by Crippen LogP contribution is -2.34. The van der Waals surface area contributed by atoms with Crippen molar-refractivity contribution in [3.63, 3.8) is 0 Å². The summed E-state index contributed by atoms with van der Waals surface area (Å²) in [6.07, 6.45) is 3.02. The Morgan fingerprint density at radius 1 is 1.38 bits per heavy atom. The molecule has 0 saturated carbocycles. The quantitative estimate of drug-likeness (QED) is 0.649. The molecule has 158 valence electrons. The Hall–Kier alpha value is -2.24. The van der Waals surface area contributed by atoms with Gasteiger partial charge in [-0.15, -0.1) is 5.10 Å². The molecule has 9 nitrogen and oxygen atoms in total. The van der Waals surface area contributed by atoms with Gasteiger partial charge >= 0.3 is 0 Å². The molecule has 0 radical (unpaired) electrons. The number of carbonyl (C=O) groups excluding carboxylic acids is 1. The number of nitrogens with two attached hydrogens (primary N) is 1. The van der Waals surface area contributed by atoms with Crippen LogP contribution in [0.1, 0.15) is 30.0 Å². The van der Waals surface area contributed by atoms with Gasteiger partial charge in [-0.3, -0.25) is 9.69 Å². The highest BCUT2D eigenvalue weighted by atomic mass is 32.2. The van der Waals surface area contributed by atoms with Crippen LogP contribution in [0.5, 0.6) is 11.5 Å². The molecule has 0 unspecified atom stereocenters. The van der Waals surface area contributed by atoms with E-state index in [0.717, 1.165) is 36.5 Å². The largest absolute Gasteiger partial charge is 0.493 e. The van der Waals surface area contributed by atoms with Gasteiger partial charge in [0.2, 0.25) is 0 Å². The maximum atomic E-state index is 12.0. The van der Waals surface area contributed by atoms with E-state index in [1.807, 2.05) is 12.1 Å². The summed E-state index contributed by atoms with van der Waals surface area (Å²) < 4.78 is 38.8. The first-order valence-electron chi connectivity index (χ1n) is 9.10. The molecule has 2 N–H and O–H groups in total. The summed E-state index contributed by atoms with van der Waals surface area (Å²) in [5, 5.41) is 4.11. The summed E-state index contributed by atoms with van der Waals surface area (Å²) in [5.74, 6) is 0.464. The number of nitrogens with zero attached hydrogens (tertiary/aromatic N) is 3. The monoisotopic (exact) mass is 440 g/mol. The van der Waals surface area contributed by atoms with E-state index in [4.69, 9.17) is 15.2 Å². The second-order valence-electron chi connectivity index (χ2n) is 7.03. The van der Waals surface area contributed by atoms with E-state index in [1.165, 1.54) is 13.4 Å². The fourth-order valence-electron chi connectivity index (χ4n) is 3.45. The lowest BCUT2D eigenvalue weighted by Gasteiger charge is -2.32. The molecule has 11 heteroatoms. The Labute approximate surface area is 173 Å². The van der Waals surface area contributed by atoms with Crippen LogP contribution in [0.15, 0.2) is 22.4 Å². The Balaban J connectivity index is 1.71. The second kappa shape index (κ2) is 9.06. The van der Waals surface area contributed by atoms with Crippen molar-refractivity contribution in [2.45, 2.75) is 29.5 Å². The van der Waals surface area contributed by atoms with Crippen molar-refractivity contribution in [1.82, 2.24) is 14.5 Å². The number of likely N-dealkylation sites (tertiary alicyclic amines) is 1. The van der Waals surface area contributed by atoms with Crippen LogP contribution < -0.4 is 15.2 Å². The summed E-state index contributed by atoms with van der Waals surface area (Å²) in [4.78, 5) is 13.2. The van der Waals surface area contributed by atoms with Gasteiger partial charge in [-0.05, 0) is 37.1 Å². The molecule has 1 saturated heterocycles. The van der Waals surface area contributed by atoms with Gasteiger partial charge in [0, 0.05) is 36.8 Å². The zero-order valence-electron chi connectivity index (χ0n) is 16.3. The average Bonchev–Trinajstić information content (AvgIpc) is 3.17. The minimum atomic E-state index is -3.33. The Kier molecular flexibility index (Phi) is 6.70. The van der Waals surface area contributed by atoms with Crippen LogP contribution in [-0.4, -0.2) is 61.9 Å². The molecule has 1 amide bonds. The minimum Gasteiger partial charge on any atom is -0.493 e. The molecule has 2 aromatic rings. The van der Waals surface area contributed by atoms with E-state index in [1.54, 1.807) is 6.07 Å². The van der Waals surface area contributed by atoms with Gasteiger partial charge in [0.25, 0.3) is 5.91 Å². The van der Waals surface area contributed by atoms with Crippen LogP contribution in [0.4, 0.5) is 0 Å². The molecule has 1 aliphatic rings. The number of amides is 1. The standard InChI is InChI=1S/C18H24N4O5S2/c1-26-15-8-12(5-6-14(15)27-11-16(19)23)9-22-7-3-4-13(10-22)17-18(28-21-20-17)29(2,24)25/h5-6,8,13H,3-4,7,9-11H2,1-2H3,(H2,19,23)/t13-/m1/s1. The van der Waals surface area contributed by atoms with Crippen molar-refractivity contribution in [2.24, 2.45) is 5.73 Å². The number of carbonyl (C=O) groups is 1. The number of aromatic nitrogens is 2. The van der Waals surface area contributed by atoms with E-state index in [9.17, 15) is 13.2 Å². The lowest BCUT2D eigenvalue weighted by molar-refractivity contribution is -0.119. The van der Waals surface area contributed by atoms with Gasteiger partial charge in [0.1, 0.15) is 0 Å². The van der Waals surface area contributed by atoms with Crippen molar-refractivity contribution in [3.8, 4) is 11.5 Å². The number of primary amides is 1. The van der Waals surface area contributed by atoms with Crippen molar-refractivity contribution < 1.29 is 22.7 Å². The van der Waals surface area contributed by atoms with E-state index in [0.29, 0.717) is 30.3 Å². The summed E-state index contributed by atoms with van der Waals surface area (Å²) in [7, 11) is -1.79. The zero-order valence-corrected chi connectivity index (χ0v) is 18.0. The topological polar surface area (TPSA) is 125 Å². The summed E-state index contributed by atoms with van der Waals surface area (Å²) in [6, 6.07) is 5.53.